The molecule has 0 saturated carbocycles. The van der Waals surface area contributed by atoms with Gasteiger partial charge in [0, 0.05) is 32.0 Å². The second kappa shape index (κ2) is 11.5. The molecule has 10 heteroatoms. The van der Waals surface area contributed by atoms with Gasteiger partial charge in [-0.3, -0.25) is 9.98 Å². The number of allylic oxidation sites excluding steroid dienone is 2. The molecule has 0 atom stereocenters. The number of hydrogen-bond acceptors (Lipinski definition) is 5. The molecule has 0 saturated heterocycles. The van der Waals surface area contributed by atoms with Gasteiger partial charge in [-0.25, -0.2) is 9.97 Å². The van der Waals surface area contributed by atoms with E-state index in [4.69, 9.17) is 11.6 Å². The van der Waals surface area contributed by atoms with Crippen LogP contribution >= 0.6 is 11.6 Å². The summed E-state index contributed by atoms with van der Waals surface area (Å²) in [4.78, 5) is 17.0. The van der Waals surface area contributed by atoms with Gasteiger partial charge in [0.1, 0.15) is 22.5 Å². The van der Waals surface area contributed by atoms with Crippen LogP contribution in [0.4, 0.5) is 19.0 Å². The number of alkyl halides is 3. The lowest BCUT2D eigenvalue weighted by molar-refractivity contribution is -0.0880. The Labute approximate surface area is 184 Å². The number of pyridine rings is 1. The molecule has 0 aliphatic carbocycles. The van der Waals surface area contributed by atoms with Gasteiger partial charge in [-0.1, -0.05) is 30.3 Å². The number of halogens is 4. The van der Waals surface area contributed by atoms with E-state index in [0.29, 0.717) is 48.3 Å². The van der Waals surface area contributed by atoms with Gasteiger partial charge in [-0.05, 0) is 31.6 Å². The van der Waals surface area contributed by atoms with Crippen molar-refractivity contribution in [1.29, 1.82) is 0 Å². The molecular formula is C21H24ClF3N6. The van der Waals surface area contributed by atoms with Crippen LogP contribution in [0, 0.1) is 6.92 Å². The largest absolute Gasteiger partial charge is 0.416 e. The number of nitrogens with one attached hydrogen (secondary N) is 2. The maximum Gasteiger partial charge on any atom is 0.416 e. The number of aromatic nitrogens is 3. The van der Waals surface area contributed by atoms with Crippen molar-refractivity contribution in [3.8, 4) is 0 Å². The summed E-state index contributed by atoms with van der Waals surface area (Å²) in [5.41, 5.74) is 0.636. The number of aliphatic imine (C=N–C) groups is 1. The second-order valence-electron chi connectivity index (χ2n) is 6.50. The van der Waals surface area contributed by atoms with Crippen LogP contribution in [0.1, 0.15) is 23.6 Å². The summed E-state index contributed by atoms with van der Waals surface area (Å²) in [6, 6.07) is 5.63. The zero-order chi connectivity index (χ0) is 22.9. The average Bonchev–Trinajstić information content (AvgIpc) is 2.73. The normalized spacial score (nSPS) is 12.6. The maximum atomic E-state index is 12.8. The van der Waals surface area contributed by atoms with Crippen molar-refractivity contribution < 1.29 is 13.2 Å². The van der Waals surface area contributed by atoms with E-state index in [-0.39, 0.29) is 5.84 Å². The molecule has 0 spiro atoms. The highest BCUT2D eigenvalue weighted by Gasteiger charge is 2.31. The predicted molar refractivity (Wildman–Crippen MR) is 118 cm³/mol. The van der Waals surface area contributed by atoms with E-state index in [2.05, 4.69) is 37.2 Å². The van der Waals surface area contributed by atoms with E-state index < -0.39 is 11.7 Å². The van der Waals surface area contributed by atoms with E-state index >= 15 is 0 Å². The van der Waals surface area contributed by atoms with Crippen LogP contribution in [0.15, 0.2) is 53.7 Å². The Morgan fingerprint density at radius 3 is 2.65 bits per heavy atom. The van der Waals surface area contributed by atoms with Crippen molar-refractivity contribution in [1.82, 2.24) is 20.3 Å². The summed E-state index contributed by atoms with van der Waals surface area (Å²) < 4.78 is 38.5. The summed E-state index contributed by atoms with van der Waals surface area (Å²) in [5.74, 6) is 1.23. The molecule has 0 bridgehead atoms. The van der Waals surface area contributed by atoms with Crippen molar-refractivity contribution in [2.75, 3.05) is 25.5 Å². The molecule has 2 heterocycles. The Morgan fingerprint density at radius 2 is 2.03 bits per heavy atom. The first-order chi connectivity index (χ1) is 14.7. The van der Waals surface area contributed by atoms with Gasteiger partial charge in [-0.2, -0.15) is 13.2 Å². The second-order valence-corrected chi connectivity index (χ2v) is 6.88. The van der Waals surface area contributed by atoms with Crippen molar-refractivity contribution in [3.63, 3.8) is 0 Å². The van der Waals surface area contributed by atoms with Crippen molar-refractivity contribution in [2.24, 2.45) is 4.99 Å². The van der Waals surface area contributed by atoms with Gasteiger partial charge in [0.2, 0.25) is 0 Å². The van der Waals surface area contributed by atoms with E-state index in [1.807, 2.05) is 18.2 Å². The minimum absolute atomic E-state index is 0.126. The summed E-state index contributed by atoms with van der Waals surface area (Å²) >= 11 is 6.31. The van der Waals surface area contributed by atoms with Crippen LogP contribution < -0.4 is 10.6 Å². The number of anilines is 1. The first-order valence-corrected chi connectivity index (χ1v) is 9.91. The fraction of sp³-hybridized carbons (Fsp3) is 0.333. The van der Waals surface area contributed by atoms with Crippen LogP contribution in [-0.2, 0) is 6.42 Å². The molecule has 2 aromatic heterocycles. The molecule has 2 rings (SSSR count). The van der Waals surface area contributed by atoms with E-state index in [9.17, 15) is 13.2 Å². The molecule has 0 amide bonds. The van der Waals surface area contributed by atoms with Crippen LogP contribution in [-0.4, -0.2) is 47.1 Å². The smallest absolute Gasteiger partial charge is 0.370 e. The van der Waals surface area contributed by atoms with Crippen molar-refractivity contribution in [2.45, 2.75) is 25.9 Å². The summed E-state index contributed by atoms with van der Waals surface area (Å²) in [7, 11) is 1.42. The van der Waals surface area contributed by atoms with Crippen molar-refractivity contribution >= 4 is 23.3 Å². The molecule has 2 N–H and O–H groups in total. The minimum atomic E-state index is -4.48. The van der Waals surface area contributed by atoms with E-state index in [0.717, 1.165) is 17.8 Å². The lowest BCUT2D eigenvalue weighted by Gasteiger charge is -2.12. The quantitative estimate of drug-likeness (QED) is 0.253. The summed E-state index contributed by atoms with van der Waals surface area (Å²) in [5, 5.41) is 6.46. The molecular weight excluding hydrogens is 429 g/mol. The number of rotatable bonds is 9. The fourth-order valence-electron chi connectivity index (χ4n) is 2.59. The Morgan fingerprint density at radius 1 is 1.26 bits per heavy atom. The Bertz CT molecular complexity index is 942. The number of amidine groups is 1. The topological polar surface area (TPSA) is 75.1 Å². The van der Waals surface area contributed by atoms with Crippen LogP contribution in [0.5, 0.6) is 0 Å². The lowest BCUT2D eigenvalue weighted by atomic mass is 10.2. The van der Waals surface area contributed by atoms with Gasteiger partial charge >= 0.3 is 6.18 Å². The molecule has 31 heavy (non-hydrogen) atoms. The highest BCUT2D eigenvalue weighted by Crippen LogP contribution is 2.26. The van der Waals surface area contributed by atoms with E-state index in [1.165, 1.54) is 7.05 Å². The van der Waals surface area contributed by atoms with Gasteiger partial charge < -0.3 is 10.6 Å². The van der Waals surface area contributed by atoms with Crippen LogP contribution in [0.25, 0.3) is 0 Å². The van der Waals surface area contributed by atoms with Crippen molar-refractivity contribution in [3.05, 3.63) is 70.9 Å². The molecule has 0 aromatic carbocycles. The first-order valence-electron chi connectivity index (χ1n) is 9.53. The lowest BCUT2D eigenvalue weighted by Crippen LogP contribution is -2.26. The third-order valence-electron chi connectivity index (χ3n) is 4.16. The molecule has 0 unspecified atom stereocenters. The SMILES string of the molecule is C=C/C(=C\C(=NC)NCCCNc1nc(Cc2ccccn2)nc(C)c1Cl)C(F)(F)F. The summed E-state index contributed by atoms with van der Waals surface area (Å²) in [6.07, 6.45) is -0.0131. The maximum absolute atomic E-state index is 12.8. The van der Waals surface area contributed by atoms with Crippen LogP contribution in [0.2, 0.25) is 5.02 Å². The van der Waals surface area contributed by atoms with Gasteiger partial charge in [-0.15, -0.1) is 0 Å². The zero-order valence-corrected chi connectivity index (χ0v) is 18.1. The number of aryl methyl sites for hydroxylation is 1. The van der Waals surface area contributed by atoms with E-state index in [1.54, 1.807) is 13.1 Å². The zero-order valence-electron chi connectivity index (χ0n) is 17.3. The Balaban J connectivity index is 1.92. The standard InChI is InChI=1S/C21H24ClF3N6/c1-4-15(21(23,24)25)12-17(26-3)28-10-7-11-29-20-19(22)14(2)30-18(31-20)13-16-8-5-6-9-27-16/h4-6,8-9,12H,1,7,10-11,13H2,2-3H3,(H,26,28)(H,29,30,31)/b15-12+. The molecule has 2 aromatic rings. The Hall–Kier alpha value is -2.94. The molecule has 0 aliphatic heterocycles. The first kappa shape index (κ1) is 24.3. The molecule has 0 radical (unpaired) electrons. The molecule has 0 fully saturated rings. The minimum Gasteiger partial charge on any atom is -0.370 e. The molecule has 166 valence electrons. The monoisotopic (exact) mass is 452 g/mol. The number of hydrogen-bond donors (Lipinski definition) is 2. The molecule has 6 nitrogen and oxygen atoms in total. The third-order valence-corrected chi connectivity index (χ3v) is 4.61. The van der Waals surface area contributed by atoms with Gasteiger partial charge in [0.05, 0.1) is 17.7 Å². The third kappa shape index (κ3) is 7.67. The number of nitrogens with zero attached hydrogens (tertiary/aromatic N) is 4. The fourth-order valence-corrected chi connectivity index (χ4v) is 2.74. The Kier molecular flexibility index (Phi) is 8.99. The van der Waals surface area contributed by atoms with Gasteiger partial charge in [0.25, 0.3) is 0 Å². The molecule has 0 aliphatic rings. The highest BCUT2D eigenvalue weighted by atomic mass is 35.5. The highest BCUT2D eigenvalue weighted by molar-refractivity contribution is 6.33. The summed E-state index contributed by atoms with van der Waals surface area (Å²) in [6.45, 7) is 5.90. The average molecular weight is 453 g/mol. The van der Waals surface area contributed by atoms with Gasteiger partial charge in [0.15, 0.2) is 0 Å². The predicted octanol–water partition coefficient (Wildman–Crippen LogP) is 4.52. The van der Waals surface area contributed by atoms with Crippen LogP contribution in [0.3, 0.4) is 0 Å².